The van der Waals surface area contributed by atoms with Gasteiger partial charge in [0.25, 0.3) is 11.8 Å². The highest BCUT2D eigenvalue weighted by Crippen LogP contribution is 2.75. The van der Waals surface area contributed by atoms with Crippen LogP contribution in [0.4, 0.5) is 27.6 Å². The Morgan fingerprint density at radius 2 is 2.00 bits per heavy atom. The van der Waals surface area contributed by atoms with Gasteiger partial charge >= 0.3 is 6.18 Å². The predicted octanol–water partition coefficient (Wildman–Crippen LogP) is 4.90. The molecule has 1 unspecified atom stereocenters. The third-order valence-electron chi connectivity index (χ3n) is 7.12. The van der Waals surface area contributed by atoms with Crippen LogP contribution in [-0.2, 0) is 22.5 Å². The zero-order chi connectivity index (χ0) is 24.7. The molecule has 2 heterocycles. The fraction of sp³-hybridized carbons (Fsp3) is 0.571. The topological polar surface area (TPSA) is 101 Å². The van der Waals surface area contributed by atoms with Crippen LogP contribution in [0.1, 0.15) is 59.8 Å². The van der Waals surface area contributed by atoms with Gasteiger partial charge < -0.3 is 5.32 Å². The van der Waals surface area contributed by atoms with Crippen LogP contribution in [0.25, 0.3) is 0 Å². The molecule has 13 heteroatoms. The molecule has 3 saturated carbocycles. The van der Waals surface area contributed by atoms with Gasteiger partial charge in [-0.2, -0.15) is 18.3 Å². The normalized spacial score (nSPS) is 24.4. The molecule has 5 rings (SSSR count). The fourth-order valence-electron chi connectivity index (χ4n) is 4.95. The van der Waals surface area contributed by atoms with Gasteiger partial charge in [0.1, 0.15) is 16.3 Å². The quantitative estimate of drug-likeness (QED) is 0.548. The second-order valence-corrected chi connectivity index (χ2v) is 11.5. The number of halogens is 5. The first-order valence-electron chi connectivity index (χ1n) is 10.8. The molecule has 34 heavy (non-hydrogen) atoms. The maximum absolute atomic E-state index is 14.5. The van der Waals surface area contributed by atoms with E-state index in [2.05, 4.69) is 15.4 Å². The van der Waals surface area contributed by atoms with Gasteiger partial charge in [-0.3, -0.25) is 9.48 Å². The molecule has 1 spiro atoms. The van der Waals surface area contributed by atoms with Crippen molar-refractivity contribution in [2.24, 2.45) is 11.3 Å². The molecule has 2 N–H and O–H groups in total. The summed E-state index contributed by atoms with van der Waals surface area (Å²) in [7, 11) is -3.24. The molecule has 0 aromatic carbocycles. The zero-order valence-electron chi connectivity index (χ0n) is 18.1. The number of nitrogens with one attached hydrogen (secondary N) is 2. The molecule has 0 saturated heterocycles. The van der Waals surface area contributed by atoms with Gasteiger partial charge in [-0.25, -0.2) is 22.8 Å². The van der Waals surface area contributed by atoms with Crippen molar-refractivity contribution in [1.29, 1.82) is 4.78 Å². The van der Waals surface area contributed by atoms with E-state index >= 15 is 0 Å². The summed E-state index contributed by atoms with van der Waals surface area (Å²) in [6, 6.07) is 2.42. The van der Waals surface area contributed by atoms with Crippen LogP contribution < -0.4 is 5.32 Å². The molecule has 2 aromatic rings. The molecule has 7 nitrogen and oxygen atoms in total. The maximum atomic E-state index is 14.5. The van der Waals surface area contributed by atoms with Crippen molar-refractivity contribution >= 4 is 21.3 Å². The fourth-order valence-corrected chi connectivity index (χ4v) is 5.56. The minimum atomic E-state index is -4.91. The molecule has 184 valence electrons. The van der Waals surface area contributed by atoms with E-state index < -0.39 is 62.8 Å². The van der Waals surface area contributed by atoms with E-state index in [0.29, 0.717) is 32.1 Å². The number of carbonyl (C=O) groups excluding carboxylic acids is 1. The molecule has 3 aliphatic carbocycles. The Balaban J connectivity index is 1.54. The molecule has 0 radical (unpaired) electrons. The third kappa shape index (κ3) is 3.59. The van der Waals surface area contributed by atoms with E-state index in [0.717, 1.165) is 17.0 Å². The van der Waals surface area contributed by atoms with Crippen molar-refractivity contribution < 1.29 is 31.0 Å². The summed E-state index contributed by atoms with van der Waals surface area (Å²) < 4.78 is 91.7. The smallest absolute Gasteiger partial charge is 0.320 e. The minimum Gasteiger partial charge on any atom is -0.320 e. The van der Waals surface area contributed by atoms with Crippen LogP contribution in [-0.4, -0.2) is 37.1 Å². The number of hydrogen-bond acceptors (Lipinski definition) is 5. The number of carbonyl (C=O) groups is 1. The van der Waals surface area contributed by atoms with Crippen molar-refractivity contribution in [1.82, 2.24) is 14.8 Å². The number of alkyl halides is 5. The van der Waals surface area contributed by atoms with Crippen molar-refractivity contribution in [3.63, 3.8) is 0 Å². The van der Waals surface area contributed by atoms with Gasteiger partial charge in [0, 0.05) is 29.5 Å². The highest BCUT2D eigenvalue weighted by Gasteiger charge is 2.81. The lowest BCUT2D eigenvalue weighted by atomic mass is 9.79. The van der Waals surface area contributed by atoms with Gasteiger partial charge in [-0.15, -0.1) is 0 Å². The van der Waals surface area contributed by atoms with Gasteiger partial charge in [0.15, 0.2) is 0 Å². The van der Waals surface area contributed by atoms with E-state index in [4.69, 9.17) is 4.78 Å². The van der Waals surface area contributed by atoms with Crippen LogP contribution in [0.2, 0.25) is 0 Å². The molecule has 3 aliphatic rings. The number of aromatic nitrogens is 3. The molecule has 0 bridgehead atoms. The van der Waals surface area contributed by atoms with Crippen LogP contribution in [0, 0.1) is 16.1 Å². The molecular weight excluding hydrogens is 481 g/mol. The van der Waals surface area contributed by atoms with Gasteiger partial charge in [-0.05, 0) is 37.8 Å². The minimum absolute atomic E-state index is 0.0158. The largest absolute Gasteiger partial charge is 0.420 e. The molecule has 2 atom stereocenters. The second-order valence-electron chi connectivity index (χ2n) is 9.43. The third-order valence-corrected chi connectivity index (χ3v) is 8.14. The monoisotopic (exact) mass is 503 g/mol. The van der Waals surface area contributed by atoms with Gasteiger partial charge in [0.05, 0.1) is 27.9 Å². The number of pyridine rings is 1. The summed E-state index contributed by atoms with van der Waals surface area (Å²) in [5.74, 6) is -5.81. The number of anilines is 1. The van der Waals surface area contributed by atoms with E-state index in [1.807, 2.05) is 0 Å². The van der Waals surface area contributed by atoms with Crippen LogP contribution in [0.15, 0.2) is 23.4 Å². The number of rotatable bonds is 6. The summed E-state index contributed by atoms with van der Waals surface area (Å²) in [5.41, 5.74) is -3.53. The highest BCUT2D eigenvalue weighted by atomic mass is 32.2. The Kier molecular flexibility index (Phi) is 4.92. The van der Waals surface area contributed by atoms with Crippen molar-refractivity contribution in [3.05, 3.63) is 35.3 Å². The maximum Gasteiger partial charge on any atom is 0.420 e. The van der Waals surface area contributed by atoms with Gasteiger partial charge in [0.2, 0.25) is 0 Å². The lowest BCUT2D eigenvalue weighted by Crippen LogP contribution is -2.24. The molecule has 2 aromatic heterocycles. The average molecular weight is 503 g/mol. The summed E-state index contributed by atoms with van der Waals surface area (Å²) >= 11 is 0. The van der Waals surface area contributed by atoms with Crippen LogP contribution >= 0.6 is 0 Å². The Morgan fingerprint density at radius 3 is 2.50 bits per heavy atom. The van der Waals surface area contributed by atoms with Crippen LogP contribution in [0.5, 0.6) is 0 Å². The zero-order valence-corrected chi connectivity index (χ0v) is 18.9. The first kappa shape index (κ1) is 23.2. The number of nitrogens with zero attached hydrogens (tertiary/aromatic N) is 3. The van der Waals surface area contributed by atoms with Crippen molar-refractivity contribution in [3.8, 4) is 0 Å². The van der Waals surface area contributed by atoms with E-state index in [-0.39, 0.29) is 16.4 Å². The molecular formula is C21H22F5N5O2S. The summed E-state index contributed by atoms with van der Waals surface area (Å²) in [6.45, 7) is -0.483. The predicted molar refractivity (Wildman–Crippen MR) is 111 cm³/mol. The standard InChI is InChI=1S/C21H22F5N5O2S/c1-34(27,33)14-9-12(5-8-28-14)29-18(32)17-15(21(24,25)26)16(11-3-4-11)30-31(17)10-13-19(6-2-7-19)20(13,22)23/h5,8-9,11,13,27H,2-4,6-7,10H2,1H3,(H,28,29,32)/t13?,34-/m0/s1. The summed E-state index contributed by atoms with van der Waals surface area (Å²) in [5, 5.41) is 6.21. The summed E-state index contributed by atoms with van der Waals surface area (Å²) in [6.07, 6.45) is -0.417. The SMILES string of the molecule is C[S@](=N)(=O)c1cc(NC(=O)c2c(C(F)(F)F)c(C3CC3)nn2CC2C(F)(F)C23CCC3)ccn1. The molecule has 0 aliphatic heterocycles. The molecule has 3 fully saturated rings. The Hall–Kier alpha value is -2.57. The molecule has 1 amide bonds. The van der Waals surface area contributed by atoms with Crippen molar-refractivity contribution in [2.75, 3.05) is 11.6 Å². The first-order chi connectivity index (χ1) is 15.8. The first-order valence-corrected chi connectivity index (χ1v) is 12.8. The number of hydrogen-bond donors (Lipinski definition) is 2. The Morgan fingerprint density at radius 1 is 1.32 bits per heavy atom. The number of amides is 1. The van der Waals surface area contributed by atoms with E-state index in [1.165, 1.54) is 12.3 Å². The van der Waals surface area contributed by atoms with Gasteiger partial charge in [-0.1, -0.05) is 6.42 Å². The summed E-state index contributed by atoms with van der Waals surface area (Å²) in [4.78, 5) is 16.9. The lowest BCUT2D eigenvalue weighted by molar-refractivity contribution is -0.138. The Bertz CT molecular complexity index is 1280. The van der Waals surface area contributed by atoms with E-state index in [9.17, 15) is 31.0 Å². The highest BCUT2D eigenvalue weighted by molar-refractivity contribution is 7.91. The lowest BCUT2D eigenvalue weighted by Gasteiger charge is -2.26. The van der Waals surface area contributed by atoms with E-state index in [1.54, 1.807) is 0 Å². The average Bonchev–Trinajstić information content (AvgIpc) is 3.55. The second kappa shape index (κ2) is 7.22. The van der Waals surface area contributed by atoms with Crippen LogP contribution in [0.3, 0.4) is 0 Å². The van der Waals surface area contributed by atoms with Crippen molar-refractivity contribution in [2.45, 2.75) is 61.7 Å². The Labute approximate surface area is 192 Å².